The molecule has 0 bridgehead atoms. The van der Waals surface area contributed by atoms with Gasteiger partial charge in [0.15, 0.2) is 0 Å². The molecule has 1 aromatic heterocycles. The number of rotatable bonds is 7. The maximum atomic E-state index is 6.11. The van der Waals surface area contributed by atoms with Gasteiger partial charge >= 0.3 is 0 Å². The van der Waals surface area contributed by atoms with Gasteiger partial charge in [0.25, 0.3) is 0 Å². The van der Waals surface area contributed by atoms with Gasteiger partial charge in [-0.25, -0.2) is 4.98 Å². The molecule has 1 unspecified atom stereocenters. The predicted molar refractivity (Wildman–Crippen MR) is 120 cm³/mol. The fourth-order valence-electron chi connectivity index (χ4n) is 3.88. The fraction of sp³-hybridized carbons (Fsp3) is 0.348. The molecule has 28 heavy (non-hydrogen) atoms. The molecule has 2 aromatic carbocycles. The summed E-state index contributed by atoms with van der Waals surface area (Å²) >= 11 is 6.11. The number of pyridine rings is 1. The second kappa shape index (κ2) is 9.26. The number of nitrogens with zero attached hydrogens (tertiary/aromatic N) is 1. The van der Waals surface area contributed by atoms with Crippen LogP contribution in [0.4, 0.5) is 17.2 Å². The first-order chi connectivity index (χ1) is 13.8. The molecule has 0 saturated carbocycles. The molecule has 5 heteroatoms. The quantitative estimate of drug-likeness (QED) is 0.441. The first-order valence-corrected chi connectivity index (χ1v) is 10.5. The van der Waals surface area contributed by atoms with E-state index in [9.17, 15) is 0 Å². The van der Waals surface area contributed by atoms with Crippen molar-refractivity contribution in [3.8, 4) is 0 Å². The van der Waals surface area contributed by atoms with E-state index >= 15 is 0 Å². The fourth-order valence-corrected chi connectivity index (χ4v) is 4.07. The maximum Gasteiger partial charge on any atom is 0.133 e. The van der Waals surface area contributed by atoms with Crippen molar-refractivity contribution in [3.63, 3.8) is 0 Å². The summed E-state index contributed by atoms with van der Waals surface area (Å²) in [5.41, 5.74) is 3.04. The van der Waals surface area contributed by atoms with Crippen molar-refractivity contribution in [1.29, 1.82) is 0 Å². The van der Waals surface area contributed by atoms with Gasteiger partial charge in [0.2, 0.25) is 0 Å². The number of hydrogen-bond acceptors (Lipinski definition) is 4. The topological polar surface area (TPSA) is 49.0 Å². The Bertz CT molecular complexity index is 921. The molecular weight excluding hydrogens is 368 g/mol. The number of halogens is 1. The number of fused-ring (bicyclic) bond motifs is 1. The van der Waals surface area contributed by atoms with Crippen molar-refractivity contribution in [2.75, 3.05) is 30.3 Å². The van der Waals surface area contributed by atoms with Crippen LogP contribution in [0.5, 0.6) is 0 Å². The highest BCUT2D eigenvalue weighted by Gasteiger charge is 2.12. The van der Waals surface area contributed by atoms with E-state index in [-0.39, 0.29) is 0 Å². The van der Waals surface area contributed by atoms with Crippen LogP contribution in [0.1, 0.15) is 25.7 Å². The van der Waals surface area contributed by atoms with Crippen LogP contribution in [0.15, 0.2) is 54.6 Å². The first kappa shape index (κ1) is 19.0. The van der Waals surface area contributed by atoms with E-state index in [1.54, 1.807) is 0 Å². The third-order valence-corrected chi connectivity index (χ3v) is 5.55. The minimum atomic E-state index is 0.710. The van der Waals surface area contributed by atoms with Crippen LogP contribution in [0, 0.1) is 5.92 Å². The van der Waals surface area contributed by atoms with Crippen molar-refractivity contribution >= 4 is 39.7 Å². The SMILES string of the molecule is Clc1cccc(Nc2cc(NCCCC3CCCNC3)c3ccccc3n2)c1. The third-order valence-electron chi connectivity index (χ3n) is 5.32. The van der Waals surface area contributed by atoms with Crippen LogP contribution in [-0.2, 0) is 0 Å². The van der Waals surface area contributed by atoms with Gasteiger partial charge in [-0.05, 0) is 69.0 Å². The third kappa shape index (κ3) is 4.94. The second-order valence-corrected chi connectivity index (χ2v) is 7.93. The molecule has 4 nitrogen and oxygen atoms in total. The van der Waals surface area contributed by atoms with Crippen LogP contribution in [0.25, 0.3) is 10.9 Å². The van der Waals surface area contributed by atoms with E-state index in [0.29, 0.717) is 5.02 Å². The number of para-hydroxylation sites is 1. The zero-order valence-electron chi connectivity index (χ0n) is 16.0. The Hall–Kier alpha value is -2.30. The lowest BCUT2D eigenvalue weighted by Crippen LogP contribution is -2.29. The summed E-state index contributed by atoms with van der Waals surface area (Å²) in [6.07, 6.45) is 5.13. The van der Waals surface area contributed by atoms with Gasteiger partial charge in [0.05, 0.1) is 5.52 Å². The molecule has 1 fully saturated rings. The number of anilines is 3. The lowest BCUT2D eigenvalue weighted by molar-refractivity contribution is 0.353. The van der Waals surface area contributed by atoms with Gasteiger partial charge in [0, 0.05) is 34.4 Å². The van der Waals surface area contributed by atoms with Crippen LogP contribution in [0.3, 0.4) is 0 Å². The molecule has 1 atom stereocenters. The molecule has 0 aliphatic carbocycles. The van der Waals surface area contributed by atoms with Gasteiger partial charge in [0.1, 0.15) is 5.82 Å². The maximum absolute atomic E-state index is 6.11. The highest BCUT2D eigenvalue weighted by molar-refractivity contribution is 6.30. The molecule has 0 amide bonds. The molecule has 4 rings (SSSR count). The van der Waals surface area contributed by atoms with Crippen molar-refractivity contribution < 1.29 is 0 Å². The Labute approximate surface area is 171 Å². The average Bonchev–Trinajstić information content (AvgIpc) is 2.72. The minimum absolute atomic E-state index is 0.710. The Morgan fingerprint density at radius 1 is 1.11 bits per heavy atom. The van der Waals surface area contributed by atoms with Crippen LogP contribution < -0.4 is 16.0 Å². The van der Waals surface area contributed by atoms with Gasteiger partial charge in [-0.2, -0.15) is 0 Å². The zero-order valence-corrected chi connectivity index (χ0v) is 16.8. The molecule has 1 aliphatic heterocycles. The number of nitrogens with one attached hydrogen (secondary N) is 3. The van der Waals surface area contributed by atoms with E-state index in [1.165, 1.54) is 38.8 Å². The lowest BCUT2D eigenvalue weighted by Gasteiger charge is -2.22. The van der Waals surface area contributed by atoms with E-state index in [1.807, 2.05) is 30.3 Å². The van der Waals surface area contributed by atoms with Crippen LogP contribution >= 0.6 is 11.6 Å². The van der Waals surface area contributed by atoms with E-state index in [2.05, 4.69) is 40.2 Å². The zero-order chi connectivity index (χ0) is 19.2. The van der Waals surface area contributed by atoms with Crippen molar-refractivity contribution in [1.82, 2.24) is 10.3 Å². The van der Waals surface area contributed by atoms with Crippen molar-refractivity contribution in [2.24, 2.45) is 5.92 Å². The van der Waals surface area contributed by atoms with Crippen molar-refractivity contribution in [2.45, 2.75) is 25.7 Å². The van der Waals surface area contributed by atoms with Gasteiger partial charge in [-0.15, -0.1) is 0 Å². The summed E-state index contributed by atoms with van der Waals surface area (Å²) in [6, 6.07) is 18.1. The van der Waals surface area contributed by atoms with E-state index in [4.69, 9.17) is 16.6 Å². The molecular formula is C23H27ClN4. The lowest BCUT2D eigenvalue weighted by atomic mass is 9.95. The summed E-state index contributed by atoms with van der Waals surface area (Å²) in [4.78, 5) is 4.76. The van der Waals surface area contributed by atoms with Crippen molar-refractivity contribution in [3.05, 3.63) is 59.6 Å². The van der Waals surface area contributed by atoms with E-state index < -0.39 is 0 Å². The molecule has 0 spiro atoms. The molecule has 3 N–H and O–H groups in total. The minimum Gasteiger partial charge on any atom is -0.384 e. The molecule has 3 aromatic rings. The number of benzene rings is 2. The normalized spacial score (nSPS) is 16.8. The van der Waals surface area contributed by atoms with Crippen LogP contribution in [-0.4, -0.2) is 24.6 Å². The summed E-state index contributed by atoms with van der Waals surface area (Å²) in [5.74, 6) is 1.64. The second-order valence-electron chi connectivity index (χ2n) is 7.49. The molecule has 1 aliphatic rings. The number of aromatic nitrogens is 1. The Morgan fingerprint density at radius 3 is 2.89 bits per heavy atom. The number of piperidine rings is 1. The largest absolute Gasteiger partial charge is 0.384 e. The Balaban J connectivity index is 1.46. The summed E-state index contributed by atoms with van der Waals surface area (Å²) in [5, 5.41) is 12.4. The standard InChI is InChI=1S/C23H27ClN4/c24-18-8-3-9-19(14-18)27-23-15-22(20-10-1-2-11-21(20)28-23)26-13-5-7-17-6-4-12-25-16-17/h1-3,8-11,14-15,17,25H,4-7,12-13,16H2,(H2,26,27,28). The molecule has 2 heterocycles. The smallest absolute Gasteiger partial charge is 0.133 e. The Kier molecular flexibility index (Phi) is 6.30. The van der Waals surface area contributed by atoms with Gasteiger partial charge in [-0.3, -0.25) is 0 Å². The first-order valence-electron chi connectivity index (χ1n) is 10.1. The molecule has 0 radical (unpaired) electrons. The highest BCUT2D eigenvalue weighted by atomic mass is 35.5. The highest BCUT2D eigenvalue weighted by Crippen LogP contribution is 2.28. The van der Waals surface area contributed by atoms with Crippen LogP contribution in [0.2, 0.25) is 5.02 Å². The summed E-state index contributed by atoms with van der Waals surface area (Å²) < 4.78 is 0. The van der Waals surface area contributed by atoms with E-state index in [0.717, 1.165) is 40.6 Å². The van der Waals surface area contributed by atoms with Gasteiger partial charge in [-0.1, -0.05) is 35.9 Å². The number of hydrogen-bond donors (Lipinski definition) is 3. The summed E-state index contributed by atoms with van der Waals surface area (Å²) in [7, 11) is 0. The van der Waals surface area contributed by atoms with Gasteiger partial charge < -0.3 is 16.0 Å². The monoisotopic (exact) mass is 394 g/mol. The Morgan fingerprint density at radius 2 is 2.04 bits per heavy atom. The summed E-state index contributed by atoms with van der Waals surface area (Å²) in [6.45, 7) is 3.33. The molecule has 1 saturated heterocycles. The predicted octanol–water partition coefficient (Wildman–Crippen LogP) is 5.82. The molecule has 146 valence electrons. The average molecular weight is 395 g/mol.